The molecule has 0 atom stereocenters. The normalized spacial score (nSPS) is 10.8. The second kappa shape index (κ2) is 11.4. The molecule has 9 nitrogen and oxygen atoms in total. The third-order valence-corrected chi connectivity index (χ3v) is 6.77. The molecule has 0 unspecified atom stereocenters. The molecule has 0 aliphatic carbocycles. The summed E-state index contributed by atoms with van der Waals surface area (Å²) in [5.41, 5.74) is 3.98. The highest BCUT2D eigenvalue weighted by Crippen LogP contribution is 2.29. The fourth-order valence-electron chi connectivity index (χ4n) is 3.64. The second-order valence-corrected chi connectivity index (χ2v) is 9.69. The number of para-hydroxylation sites is 1. The van der Waals surface area contributed by atoms with Crippen LogP contribution in [0, 0.1) is 30.9 Å². The Morgan fingerprint density at radius 2 is 1.78 bits per heavy atom. The van der Waals surface area contributed by atoms with Crippen molar-refractivity contribution in [2.75, 3.05) is 11.1 Å². The van der Waals surface area contributed by atoms with Crippen LogP contribution >= 0.6 is 23.4 Å². The van der Waals surface area contributed by atoms with E-state index in [4.69, 9.17) is 16.3 Å². The molecule has 1 N–H and O–H groups in total. The number of carbonyl (C=O) groups excluding carboxylic acids is 1. The third kappa shape index (κ3) is 6.28. The Morgan fingerprint density at radius 1 is 1.08 bits per heavy atom. The Bertz CT molecular complexity index is 1440. The molecule has 1 amide bonds. The highest BCUT2D eigenvalue weighted by atomic mass is 35.5. The van der Waals surface area contributed by atoms with Gasteiger partial charge in [0.15, 0.2) is 11.0 Å². The van der Waals surface area contributed by atoms with Gasteiger partial charge in [-0.25, -0.2) is 0 Å². The molecule has 1 heterocycles. The first kappa shape index (κ1) is 26.2. The van der Waals surface area contributed by atoms with Crippen molar-refractivity contribution in [3.05, 3.63) is 98.3 Å². The van der Waals surface area contributed by atoms with Crippen LogP contribution in [0.2, 0.25) is 5.02 Å². The molecule has 0 aliphatic heterocycles. The Labute approximate surface area is 223 Å². The summed E-state index contributed by atoms with van der Waals surface area (Å²) in [6, 6.07) is 17.7. The predicted octanol–water partition coefficient (Wildman–Crippen LogP) is 6.06. The van der Waals surface area contributed by atoms with E-state index < -0.39 is 4.92 Å². The molecule has 0 saturated carbocycles. The largest absolute Gasteiger partial charge is 0.485 e. The number of non-ortho nitro benzene ring substituents is 1. The van der Waals surface area contributed by atoms with Gasteiger partial charge in [0.2, 0.25) is 5.91 Å². The number of hydrogen-bond donors (Lipinski definition) is 1. The lowest BCUT2D eigenvalue weighted by atomic mass is 10.1. The first-order valence-electron chi connectivity index (χ1n) is 11.3. The zero-order chi connectivity index (χ0) is 26.5. The van der Waals surface area contributed by atoms with E-state index in [-0.39, 0.29) is 34.7 Å². The molecule has 37 heavy (non-hydrogen) atoms. The summed E-state index contributed by atoms with van der Waals surface area (Å²) < 4.78 is 7.97. The molecular weight excluding hydrogens is 514 g/mol. The molecule has 0 bridgehead atoms. The van der Waals surface area contributed by atoms with Crippen LogP contribution in [-0.2, 0) is 11.4 Å². The zero-order valence-corrected chi connectivity index (χ0v) is 22.0. The van der Waals surface area contributed by atoms with Gasteiger partial charge in [0, 0.05) is 17.8 Å². The Balaban J connectivity index is 1.54. The number of nitro groups is 1. The molecule has 0 saturated heterocycles. The summed E-state index contributed by atoms with van der Waals surface area (Å²) in [5.74, 6) is 0.972. The molecule has 190 valence electrons. The number of nitrogens with one attached hydrogen (secondary N) is 1. The first-order valence-corrected chi connectivity index (χ1v) is 12.7. The van der Waals surface area contributed by atoms with E-state index >= 15 is 0 Å². The number of benzene rings is 3. The first-order chi connectivity index (χ1) is 17.7. The van der Waals surface area contributed by atoms with Crippen molar-refractivity contribution in [3.63, 3.8) is 0 Å². The maximum absolute atomic E-state index is 12.7. The highest BCUT2D eigenvalue weighted by Gasteiger charge is 2.18. The van der Waals surface area contributed by atoms with Crippen LogP contribution in [0.3, 0.4) is 0 Å². The number of ether oxygens (including phenoxy) is 1. The van der Waals surface area contributed by atoms with E-state index in [9.17, 15) is 14.9 Å². The minimum Gasteiger partial charge on any atom is -0.485 e. The van der Waals surface area contributed by atoms with Crippen molar-refractivity contribution in [2.45, 2.75) is 32.5 Å². The van der Waals surface area contributed by atoms with Crippen molar-refractivity contribution in [1.82, 2.24) is 14.8 Å². The number of aromatic nitrogens is 3. The van der Waals surface area contributed by atoms with Gasteiger partial charge in [0.1, 0.15) is 12.4 Å². The van der Waals surface area contributed by atoms with Crippen LogP contribution in [0.5, 0.6) is 5.75 Å². The van der Waals surface area contributed by atoms with Gasteiger partial charge in [0.25, 0.3) is 5.69 Å². The number of halogens is 1. The smallest absolute Gasteiger partial charge is 0.271 e. The van der Waals surface area contributed by atoms with E-state index in [0.29, 0.717) is 11.0 Å². The van der Waals surface area contributed by atoms with Gasteiger partial charge in [0.05, 0.1) is 21.4 Å². The molecular formula is C26H24ClN5O4S. The molecule has 0 radical (unpaired) electrons. The lowest BCUT2D eigenvalue weighted by Gasteiger charge is -2.14. The molecule has 4 aromatic rings. The van der Waals surface area contributed by atoms with Crippen LogP contribution in [0.15, 0.2) is 65.8 Å². The molecule has 11 heteroatoms. The number of aryl methyl sites for hydroxylation is 3. The average molecular weight is 538 g/mol. The summed E-state index contributed by atoms with van der Waals surface area (Å²) in [5, 5.41) is 23.0. The van der Waals surface area contributed by atoms with Crippen LogP contribution < -0.4 is 10.1 Å². The summed E-state index contributed by atoms with van der Waals surface area (Å²) in [4.78, 5) is 23.2. The van der Waals surface area contributed by atoms with E-state index in [0.717, 1.165) is 28.1 Å². The lowest BCUT2D eigenvalue weighted by Crippen LogP contribution is -2.15. The maximum Gasteiger partial charge on any atom is 0.271 e. The minimum absolute atomic E-state index is 0.0131. The van der Waals surface area contributed by atoms with Crippen molar-refractivity contribution in [2.24, 2.45) is 0 Å². The molecule has 0 fully saturated rings. The number of thioether (sulfide) groups is 1. The van der Waals surface area contributed by atoms with E-state index in [1.54, 1.807) is 0 Å². The SMILES string of the molecule is Cc1ccc(-n2c(COc3c(C)cccc3C)nnc2SCC(=O)Nc2cc([N+](=O)[O-])ccc2Cl)cc1. The Morgan fingerprint density at radius 3 is 2.46 bits per heavy atom. The number of rotatable bonds is 9. The Kier molecular flexibility index (Phi) is 8.10. The van der Waals surface area contributed by atoms with Crippen LogP contribution in [0.1, 0.15) is 22.5 Å². The fraction of sp³-hybridized carbons (Fsp3) is 0.192. The molecule has 3 aromatic carbocycles. The summed E-state index contributed by atoms with van der Waals surface area (Å²) in [7, 11) is 0. The summed E-state index contributed by atoms with van der Waals surface area (Å²) >= 11 is 7.29. The average Bonchev–Trinajstić information content (AvgIpc) is 3.27. The van der Waals surface area contributed by atoms with E-state index in [2.05, 4.69) is 15.5 Å². The Hall–Kier alpha value is -3.89. The molecule has 0 spiro atoms. The van der Waals surface area contributed by atoms with Crippen molar-refractivity contribution in [1.29, 1.82) is 0 Å². The monoisotopic (exact) mass is 537 g/mol. The van der Waals surface area contributed by atoms with Crippen molar-refractivity contribution < 1.29 is 14.5 Å². The third-order valence-electron chi connectivity index (χ3n) is 5.51. The van der Waals surface area contributed by atoms with Crippen LogP contribution in [0.25, 0.3) is 5.69 Å². The van der Waals surface area contributed by atoms with Gasteiger partial charge < -0.3 is 10.1 Å². The number of carbonyl (C=O) groups is 1. The molecule has 4 rings (SSSR count). The number of nitro benzene ring substituents is 1. The standard InChI is InChI=1S/C26H24ClN5O4S/c1-16-7-9-19(10-8-16)31-23(14-36-25-17(2)5-4-6-18(25)3)29-30-26(31)37-15-24(33)28-22-13-20(32(34)35)11-12-21(22)27/h4-13H,14-15H2,1-3H3,(H,28,33). The quantitative estimate of drug-likeness (QED) is 0.157. The van der Waals surface area contributed by atoms with E-state index in [1.165, 1.54) is 30.0 Å². The number of amides is 1. The molecule has 0 aliphatic rings. The number of hydrogen-bond acceptors (Lipinski definition) is 7. The van der Waals surface area contributed by atoms with Crippen molar-refractivity contribution >= 4 is 40.6 Å². The topological polar surface area (TPSA) is 112 Å². The number of nitrogens with zero attached hydrogens (tertiary/aromatic N) is 4. The molecule has 1 aromatic heterocycles. The van der Waals surface area contributed by atoms with Crippen molar-refractivity contribution in [3.8, 4) is 11.4 Å². The van der Waals surface area contributed by atoms with Gasteiger partial charge in [-0.1, -0.05) is 59.3 Å². The predicted molar refractivity (Wildman–Crippen MR) is 144 cm³/mol. The van der Waals surface area contributed by atoms with Gasteiger partial charge in [-0.05, 0) is 50.1 Å². The lowest BCUT2D eigenvalue weighted by molar-refractivity contribution is -0.384. The maximum atomic E-state index is 12.7. The van der Waals surface area contributed by atoms with Gasteiger partial charge in [-0.2, -0.15) is 0 Å². The fourth-order valence-corrected chi connectivity index (χ4v) is 4.58. The van der Waals surface area contributed by atoms with Gasteiger partial charge >= 0.3 is 0 Å². The van der Waals surface area contributed by atoms with Crippen LogP contribution in [0.4, 0.5) is 11.4 Å². The summed E-state index contributed by atoms with van der Waals surface area (Å²) in [6.45, 7) is 6.16. The van der Waals surface area contributed by atoms with Crippen LogP contribution in [-0.4, -0.2) is 31.3 Å². The zero-order valence-electron chi connectivity index (χ0n) is 20.4. The second-order valence-electron chi connectivity index (χ2n) is 8.34. The number of anilines is 1. The van der Waals surface area contributed by atoms with E-state index in [1.807, 2.05) is 67.8 Å². The van der Waals surface area contributed by atoms with Gasteiger partial charge in [-0.15, -0.1) is 10.2 Å². The highest BCUT2D eigenvalue weighted by molar-refractivity contribution is 7.99. The van der Waals surface area contributed by atoms with Gasteiger partial charge in [-0.3, -0.25) is 19.5 Å². The summed E-state index contributed by atoms with van der Waals surface area (Å²) in [6.07, 6.45) is 0. The minimum atomic E-state index is -0.549.